The number of pyridine rings is 1. The molecule has 0 radical (unpaired) electrons. The lowest BCUT2D eigenvalue weighted by atomic mass is 10.0. The van der Waals surface area contributed by atoms with E-state index in [0.717, 1.165) is 28.2 Å². The zero-order chi connectivity index (χ0) is 31.9. The Labute approximate surface area is 268 Å². The van der Waals surface area contributed by atoms with Crippen molar-refractivity contribution in [2.24, 2.45) is 5.92 Å². The van der Waals surface area contributed by atoms with Crippen LogP contribution in [0, 0.1) is 12.8 Å². The first-order valence-electron chi connectivity index (χ1n) is 15.5. The smallest absolute Gasteiger partial charge is 0.243 e. The predicted octanol–water partition coefficient (Wildman–Crippen LogP) is 3.82. The second-order valence-corrected chi connectivity index (χ2v) is 12.8. The summed E-state index contributed by atoms with van der Waals surface area (Å²) in [6.45, 7) is 7.20. The minimum atomic E-state index is -0.671. The summed E-state index contributed by atoms with van der Waals surface area (Å²) in [4.78, 5) is 51.7. The number of rotatable bonds is 7. The van der Waals surface area contributed by atoms with Crippen LogP contribution in [-0.2, 0) is 27.3 Å². The summed E-state index contributed by atoms with van der Waals surface area (Å²) in [5.74, 6) is 1.40. The highest BCUT2D eigenvalue weighted by Gasteiger charge is 2.30. The molecule has 0 saturated carbocycles. The van der Waals surface area contributed by atoms with Crippen LogP contribution >= 0.6 is 11.8 Å². The third-order valence-corrected chi connectivity index (χ3v) is 8.79. The van der Waals surface area contributed by atoms with Crippen molar-refractivity contribution in [2.75, 3.05) is 25.1 Å². The molecular weight excluding hydrogens is 588 g/mol. The lowest BCUT2D eigenvalue weighted by molar-refractivity contribution is -0.132. The molecule has 0 saturated heterocycles. The van der Waals surface area contributed by atoms with Gasteiger partial charge in [-0.3, -0.25) is 14.4 Å². The highest BCUT2D eigenvalue weighted by Crippen LogP contribution is 2.25. The maximum atomic E-state index is 13.8. The minimum Gasteiger partial charge on any atom is -0.344 e. The normalized spacial score (nSPS) is 18.4. The van der Waals surface area contributed by atoms with Gasteiger partial charge < -0.3 is 19.9 Å². The van der Waals surface area contributed by atoms with Gasteiger partial charge in [0.05, 0.1) is 24.7 Å². The Morgan fingerprint density at radius 1 is 1.07 bits per heavy atom. The third-order valence-electron chi connectivity index (χ3n) is 8.14. The zero-order valence-corrected chi connectivity index (χ0v) is 27.2. The predicted molar refractivity (Wildman–Crippen MR) is 176 cm³/mol. The van der Waals surface area contributed by atoms with E-state index in [1.54, 1.807) is 22.9 Å². The molecule has 0 fully saturated rings. The molecule has 1 aromatic carbocycles. The molecule has 1 aliphatic heterocycles. The molecule has 3 aromatic heterocycles. The Kier molecular flexibility index (Phi) is 10.5. The fourth-order valence-corrected chi connectivity index (χ4v) is 6.09. The van der Waals surface area contributed by atoms with Gasteiger partial charge in [-0.2, -0.15) is 16.9 Å². The van der Waals surface area contributed by atoms with Crippen molar-refractivity contribution in [2.45, 2.75) is 65.1 Å². The van der Waals surface area contributed by atoms with Gasteiger partial charge in [-0.05, 0) is 49.3 Å². The molecule has 3 amide bonds. The summed E-state index contributed by atoms with van der Waals surface area (Å²) >= 11 is 1.63. The number of amides is 3. The van der Waals surface area contributed by atoms with Gasteiger partial charge in [-0.15, -0.1) is 0 Å². The number of thioether (sulfide) groups is 1. The van der Waals surface area contributed by atoms with Crippen LogP contribution in [0.15, 0.2) is 54.9 Å². The van der Waals surface area contributed by atoms with Crippen molar-refractivity contribution in [1.82, 2.24) is 39.7 Å². The number of nitrogens with zero attached hydrogens (tertiary/aromatic N) is 6. The molecule has 12 heteroatoms. The van der Waals surface area contributed by atoms with E-state index >= 15 is 0 Å². The quantitative estimate of drug-likeness (QED) is 0.318. The number of carbonyl (C=O) groups excluding carboxylic acids is 3. The molecule has 238 valence electrons. The lowest BCUT2D eigenvalue weighted by Gasteiger charge is -2.28. The SMILES string of the molecule is CSCC[C@@H]1NC(=O)CCCN(C(=O)Cc2cnc3c(C)cccn23)CCn2nc(-c3ccccc3)nc2[C@@H](C(C)C)NC1=O. The Morgan fingerprint density at radius 2 is 1.87 bits per heavy atom. The van der Waals surface area contributed by atoms with Crippen LogP contribution in [0.25, 0.3) is 17.0 Å². The molecule has 0 aliphatic carbocycles. The number of hydrogen-bond donors (Lipinski definition) is 2. The average Bonchev–Trinajstić information content (AvgIpc) is 3.64. The van der Waals surface area contributed by atoms with Gasteiger partial charge >= 0.3 is 0 Å². The van der Waals surface area contributed by atoms with Gasteiger partial charge in [-0.1, -0.05) is 50.2 Å². The summed E-state index contributed by atoms with van der Waals surface area (Å²) in [5.41, 5.74) is 3.54. The first-order chi connectivity index (χ1) is 21.7. The highest BCUT2D eigenvalue weighted by atomic mass is 32.2. The Hall–Kier alpha value is -4.19. The summed E-state index contributed by atoms with van der Waals surface area (Å²) in [6, 6.07) is 12.6. The standard InChI is InChI=1S/C33H42N8O3S/c1-22(2)29-32-37-30(24-11-6-5-7-12-24)38-41(32)18-17-39(15-9-13-27(42)35-26(14-19-45-4)33(44)36-29)28(43)20-25-21-34-31-23(3)10-8-16-40(25)31/h5-8,10-12,16,21-22,26,29H,9,13-15,17-20H2,1-4H3,(H,35,42)(H,36,44)/t26-,29+/m0/s1. The number of imidazole rings is 1. The monoisotopic (exact) mass is 630 g/mol. The molecule has 5 rings (SSSR count). The Bertz CT molecular complexity index is 1630. The second-order valence-electron chi connectivity index (χ2n) is 11.8. The van der Waals surface area contributed by atoms with Crippen molar-refractivity contribution in [1.29, 1.82) is 0 Å². The van der Waals surface area contributed by atoms with E-state index in [2.05, 4.69) is 15.6 Å². The van der Waals surface area contributed by atoms with Gasteiger partial charge in [0.1, 0.15) is 11.7 Å². The third kappa shape index (κ3) is 7.73. The number of aryl methyl sites for hydroxylation is 1. The first kappa shape index (κ1) is 32.2. The molecule has 0 unspecified atom stereocenters. The second kappa shape index (κ2) is 14.7. The van der Waals surface area contributed by atoms with E-state index < -0.39 is 12.1 Å². The molecule has 45 heavy (non-hydrogen) atoms. The molecule has 2 N–H and O–H groups in total. The fraction of sp³-hybridized carbons (Fsp3) is 0.455. The van der Waals surface area contributed by atoms with E-state index in [9.17, 15) is 14.4 Å². The summed E-state index contributed by atoms with van der Waals surface area (Å²) in [5, 5.41) is 11.0. The zero-order valence-electron chi connectivity index (χ0n) is 26.4. The van der Waals surface area contributed by atoms with Crippen LogP contribution in [-0.4, -0.2) is 77.9 Å². The van der Waals surface area contributed by atoms with E-state index in [1.165, 1.54) is 0 Å². The molecule has 0 bridgehead atoms. The van der Waals surface area contributed by atoms with Crippen molar-refractivity contribution in [3.8, 4) is 11.4 Å². The molecule has 4 heterocycles. The van der Waals surface area contributed by atoms with E-state index in [0.29, 0.717) is 44.1 Å². The van der Waals surface area contributed by atoms with E-state index in [1.807, 2.05) is 84.8 Å². The lowest BCUT2D eigenvalue weighted by Crippen LogP contribution is -2.49. The highest BCUT2D eigenvalue weighted by molar-refractivity contribution is 7.98. The van der Waals surface area contributed by atoms with Crippen molar-refractivity contribution >= 4 is 35.1 Å². The summed E-state index contributed by atoms with van der Waals surface area (Å²) in [7, 11) is 0. The molecule has 11 nitrogen and oxygen atoms in total. The van der Waals surface area contributed by atoms with Crippen LogP contribution < -0.4 is 10.6 Å². The topological polar surface area (TPSA) is 127 Å². The van der Waals surface area contributed by atoms with Gasteiger partial charge in [0.15, 0.2) is 11.6 Å². The fourth-order valence-electron chi connectivity index (χ4n) is 5.62. The molecule has 4 aromatic rings. The minimum absolute atomic E-state index is 0.0123. The van der Waals surface area contributed by atoms with E-state index in [4.69, 9.17) is 10.1 Å². The van der Waals surface area contributed by atoms with Crippen molar-refractivity contribution in [3.63, 3.8) is 0 Å². The van der Waals surface area contributed by atoms with Crippen LogP contribution in [0.2, 0.25) is 0 Å². The van der Waals surface area contributed by atoms with E-state index in [-0.39, 0.29) is 36.5 Å². The molecule has 1 aliphatic rings. The Balaban J connectivity index is 1.48. The summed E-state index contributed by atoms with van der Waals surface area (Å²) in [6.07, 6.45) is 7.02. The summed E-state index contributed by atoms with van der Waals surface area (Å²) < 4.78 is 3.78. The number of fused-ring (bicyclic) bond motifs is 2. The number of carbonyl (C=O) groups is 3. The van der Waals surface area contributed by atoms with Crippen LogP contribution in [0.5, 0.6) is 0 Å². The van der Waals surface area contributed by atoms with Crippen LogP contribution in [0.3, 0.4) is 0 Å². The van der Waals surface area contributed by atoms with Crippen LogP contribution in [0.1, 0.15) is 56.2 Å². The largest absolute Gasteiger partial charge is 0.344 e. The van der Waals surface area contributed by atoms with Gasteiger partial charge in [-0.25, -0.2) is 14.6 Å². The van der Waals surface area contributed by atoms with Crippen LogP contribution in [0.4, 0.5) is 0 Å². The van der Waals surface area contributed by atoms with Gasteiger partial charge in [0.25, 0.3) is 0 Å². The van der Waals surface area contributed by atoms with Crippen molar-refractivity contribution < 1.29 is 14.4 Å². The molecule has 2 atom stereocenters. The van der Waals surface area contributed by atoms with Gasteiger partial charge in [0.2, 0.25) is 17.7 Å². The molecule has 0 spiro atoms. The Morgan fingerprint density at radius 3 is 2.62 bits per heavy atom. The molecular formula is C33H42N8O3S. The van der Waals surface area contributed by atoms with Gasteiger partial charge in [0, 0.05) is 37.5 Å². The van der Waals surface area contributed by atoms with Crippen molar-refractivity contribution in [3.05, 3.63) is 71.9 Å². The number of benzene rings is 1. The maximum Gasteiger partial charge on any atom is 0.243 e. The first-order valence-corrected chi connectivity index (χ1v) is 16.9. The number of aromatic nitrogens is 5. The number of hydrogen-bond acceptors (Lipinski definition) is 7. The average molecular weight is 631 g/mol. The number of nitrogens with one attached hydrogen (secondary N) is 2. The maximum absolute atomic E-state index is 13.8.